The van der Waals surface area contributed by atoms with Crippen molar-refractivity contribution >= 4 is 17.9 Å². The van der Waals surface area contributed by atoms with Crippen LogP contribution in [0, 0.1) is 5.92 Å². The molecule has 0 aromatic heterocycles. The Kier molecular flexibility index (Phi) is 8.70. The summed E-state index contributed by atoms with van der Waals surface area (Å²) in [4.78, 5) is 35.4. The highest BCUT2D eigenvalue weighted by Gasteiger charge is 2.31. The summed E-state index contributed by atoms with van der Waals surface area (Å²) in [5.74, 6) is -2.98. The fourth-order valence-corrected chi connectivity index (χ4v) is 1.66. The number of hydrogen-bond donors (Lipinski definition) is 1. The van der Waals surface area contributed by atoms with Gasteiger partial charge in [0.25, 0.3) is 0 Å². The van der Waals surface area contributed by atoms with Gasteiger partial charge in [-0.1, -0.05) is 0 Å². The smallest absolute Gasteiger partial charge is 0.323 e. The maximum absolute atomic E-state index is 11.8. The Morgan fingerprint density at radius 2 is 1.36 bits per heavy atom. The Labute approximate surface area is 131 Å². The molecule has 0 aliphatic rings. The summed E-state index contributed by atoms with van der Waals surface area (Å²) in [6.07, 6.45) is 0.190. The Bertz CT molecular complexity index is 370. The molecule has 0 heterocycles. The van der Waals surface area contributed by atoms with Crippen molar-refractivity contribution in [3.63, 3.8) is 0 Å². The van der Waals surface area contributed by atoms with Gasteiger partial charge in [-0.2, -0.15) is 0 Å². The molecule has 7 heteroatoms. The van der Waals surface area contributed by atoms with E-state index >= 15 is 0 Å². The van der Waals surface area contributed by atoms with Crippen molar-refractivity contribution < 1.29 is 28.6 Å². The zero-order valence-corrected chi connectivity index (χ0v) is 14.0. The van der Waals surface area contributed by atoms with Crippen LogP contribution in [0.2, 0.25) is 0 Å². The van der Waals surface area contributed by atoms with E-state index in [0.29, 0.717) is 0 Å². The van der Waals surface area contributed by atoms with Crippen molar-refractivity contribution in [2.45, 2.75) is 59.1 Å². The molecule has 0 aliphatic heterocycles. The number of esters is 3. The number of carbonyl (C=O) groups is 3. The Hall–Kier alpha value is -1.63. The molecule has 0 radical (unpaired) electrons. The first-order valence-electron chi connectivity index (χ1n) is 7.44. The summed E-state index contributed by atoms with van der Waals surface area (Å²) < 4.78 is 14.8. The molecule has 0 spiro atoms. The molecule has 0 aliphatic carbocycles. The van der Waals surface area contributed by atoms with Gasteiger partial charge in [0.1, 0.15) is 11.6 Å². The summed E-state index contributed by atoms with van der Waals surface area (Å²) in [6, 6.07) is -0.912. The lowest BCUT2D eigenvalue weighted by Gasteiger charge is -2.22. The molecule has 0 bridgehead atoms. The number of hydrogen-bond acceptors (Lipinski definition) is 7. The van der Waals surface area contributed by atoms with Crippen LogP contribution in [0.3, 0.4) is 0 Å². The van der Waals surface area contributed by atoms with Crippen LogP contribution in [0.4, 0.5) is 0 Å². The molecule has 22 heavy (non-hydrogen) atoms. The van der Waals surface area contributed by atoms with Crippen LogP contribution in [0.5, 0.6) is 0 Å². The second-order valence-electron chi connectivity index (χ2n) is 5.77. The summed E-state index contributed by atoms with van der Waals surface area (Å²) in [5.41, 5.74) is 5.10. The van der Waals surface area contributed by atoms with Crippen LogP contribution in [0.15, 0.2) is 0 Å². The van der Waals surface area contributed by atoms with E-state index in [1.807, 2.05) is 0 Å². The third-order valence-electron chi connectivity index (χ3n) is 2.62. The van der Waals surface area contributed by atoms with Crippen LogP contribution >= 0.6 is 0 Å². The average molecular weight is 317 g/mol. The van der Waals surface area contributed by atoms with E-state index in [-0.39, 0.29) is 26.1 Å². The quantitative estimate of drug-likeness (QED) is 0.407. The van der Waals surface area contributed by atoms with E-state index < -0.39 is 35.5 Å². The molecule has 128 valence electrons. The van der Waals surface area contributed by atoms with Gasteiger partial charge in [-0.05, 0) is 47.5 Å². The summed E-state index contributed by atoms with van der Waals surface area (Å²) in [6.45, 7) is 8.81. The molecule has 0 aromatic carbocycles. The van der Waals surface area contributed by atoms with Gasteiger partial charge in [0, 0.05) is 0 Å². The van der Waals surface area contributed by atoms with Crippen molar-refractivity contribution in [1.82, 2.24) is 0 Å². The molecule has 1 unspecified atom stereocenters. The van der Waals surface area contributed by atoms with E-state index in [0.717, 1.165) is 0 Å². The molecular formula is C15H27NO6. The maximum atomic E-state index is 11.8. The highest BCUT2D eigenvalue weighted by Crippen LogP contribution is 2.15. The normalized spacial score (nSPS) is 12.7. The van der Waals surface area contributed by atoms with Crippen molar-refractivity contribution in [3.8, 4) is 0 Å². The van der Waals surface area contributed by atoms with Gasteiger partial charge < -0.3 is 19.9 Å². The molecule has 0 aromatic rings. The van der Waals surface area contributed by atoms with Crippen molar-refractivity contribution in [3.05, 3.63) is 0 Å². The predicted octanol–water partition coefficient (Wildman–Crippen LogP) is 1.18. The lowest BCUT2D eigenvalue weighted by Crippen LogP contribution is -2.38. The van der Waals surface area contributed by atoms with E-state index in [2.05, 4.69) is 0 Å². The largest absolute Gasteiger partial charge is 0.465 e. The Morgan fingerprint density at radius 1 is 0.909 bits per heavy atom. The van der Waals surface area contributed by atoms with Crippen LogP contribution in [-0.2, 0) is 28.6 Å². The lowest BCUT2D eigenvalue weighted by atomic mass is 10.00. The number of carbonyl (C=O) groups excluding carboxylic acids is 3. The molecule has 0 saturated heterocycles. The molecule has 2 N–H and O–H groups in total. The molecule has 7 nitrogen and oxygen atoms in total. The molecule has 1 atom stereocenters. The molecule has 0 rings (SSSR count). The van der Waals surface area contributed by atoms with Crippen molar-refractivity contribution in [1.29, 1.82) is 0 Å². The second-order valence-corrected chi connectivity index (χ2v) is 5.77. The minimum atomic E-state index is -1.08. The standard InChI is InChI=1S/C15H27NO6/c1-6-20-12(17)10(13(18)21-7-2)8-9-11(16)14(19)22-15(3,4)5/h10-11H,6-9,16H2,1-5H3. The third kappa shape index (κ3) is 7.97. The number of nitrogens with two attached hydrogens (primary N) is 1. The minimum Gasteiger partial charge on any atom is -0.465 e. The summed E-state index contributed by atoms with van der Waals surface area (Å²) >= 11 is 0. The maximum Gasteiger partial charge on any atom is 0.323 e. The van der Waals surface area contributed by atoms with Crippen LogP contribution in [-0.4, -0.2) is 42.8 Å². The lowest BCUT2D eigenvalue weighted by molar-refractivity contribution is -0.163. The second kappa shape index (κ2) is 9.40. The minimum absolute atomic E-state index is 0.0675. The first-order valence-corrected chi connectivity index (χ1v) is 7.44. The van der Waals surface area contributed by atoms with E-state index in [9.17, 15) is 14.4 Å². The monoisotopic (exact) mass is 317 g/mol. The zero-order valence-electron chi connectivity index (χ0n) is 14.0. The van der Waals surface area contributed by atoms with Crippen LogP contribution < -0.4 is 5.73 Å². The highest BCUT2D eigenvalue weighted by atomic mass is 16.6. The van der Waals surface area contributed by atoms with Gasteiger partial charge in [0.15, 0.2) is 5.92 Å². The fourth-order valence-electron chi connectivity index (χ4n) is 1.66. The van der Waals surface area contributed by atoms with Gasteiger partial charge in [-0.25, -0.2) is 0 Å². The molecule has 0 saturated carbocycles. The zero-order chi connectivity index (χ0) is 17.3. The van der Waals surface area contributed by atoms with Crippen molar-refractivity contribution in [2.24, 2.45) is 11.7 Å². The van der Waals surface area contributed by atoms with Gasteiger partial charge in [-0.3, -0.25) is 14.4 Å². The van der Waals surface area contributed by atoms with Gasteiger partial charge in [-0.15, -0.1) is 0 Å². The molecule has 0 amide bonds. The topological polar surface area (TPSA) is 105 Å². The van der Waals surface area contributed by atoms with Crippen LogP contribution in [0.25, 0.3) is 0 Å². The highest BCUT2D eigenvalue weighted by molar-refractivity contribution is 5.94. The number of ether oxygens (including phenoxy) is 3. The molecule has 0 fully saturated rings. The molecular weight excluding hydrogens is 290 g/mol. The van der Waals surface area contributed by atoms with E-state index in [1.165, 1.54) is 0 Å². The third-order valence-corrected chi connectivity index (χ3v) is 2.62. The van der Waals surface area contributed by atoms with Gasteiger partial charge >= 0.3 is 17.9 Å². The van der Waals surface area contributed by atoms with E-state index in [1.54, 1.807) is 34.6 Å². The number of rotatable bonds is 8. The summed E-state index contributed by atoms with van der Waals surface area (Å²) in [7, 11) is 0. The van der Waals surface area contributed by atoms with E-state index in [4.69, 9.17) is 19.9 Å². The first kappa shape index (κ1) is 20.4. The Morgan fingerprint density at radius 3 is 1.73 bits per heavy atom. The predicted molar refractivity (Wildman–Crippen MR) is 79.8 cm³/mol. The van der Waals surface area contributed by atoms with Crippen molar-refractivity contribution in [2.75, 3.05) is 13.2 Å². The van der Waals surface area contributed by atoms with Gasteiger partial charge in [0.2, 0.25) is 0 Å². The summed E-state index contributed by atoms with van der Waals surface area (Å²) in [5, 5.41) is 0. The average Bonchev–Trinajstić information content (AvgIpc) is 2.37. The van der Waals surface area contributed by atoms with Gasteiger partial charge in [0.05, 0.1) is 13.2 Å². The Balaban J connectivity index is 4.64. The SMILES string of the molecule is CCOC(=O)C(CCC(N)C(=O)OC(C)(C)C)C(=O)OCC. The van der Waals surface area contributed by atoms with Crippen LogP contribution in [0.1, 0.15) is 47.5 Å². The first-order chi connectivity index (χ1) is 10.1. The fraction of sp³-hybridized carbons (Fsp3) is 0.800.